The molecule has 1 aliphatic heterocycles. The van der Waals surface area contributed by atoms with E-state index in [0.717, 1.165) is 0 Å². The molecule has 0 spiro atoms. The van der Waals surface area contributed by atoms with Crippen LogP contribution >= 0.6 is 0 Å². The van der Waals surface area contributed by atoms with Gasteiger partial charge in [-0.2, -0.15) is 0 Å². The topological polar surface area (TPSA) is 38.8 Å². The van der Waals surface area contributed by atoms with Gasteiger partial charge < -0.3 is 14.4 Å². The fourth-order valence-corrected chi connectivity index (χ4v) is 2.31. The first-order valence-electron chi connectivity index (χ1n) is 5.75. The Bertz CT molecular complexity index is 426. The van der Waals surface area contributed by atoms with Crippen LogP contribution in [0.1, 0.15) is 10.4 Å². The molecule has 1 aliphatic rings. The second-order valence-corrected chi connectivity index (χ2v) is 4.24. The van der Waals surface area contributed by atoms with Crippen LogP contribution in [0.3, 0.4) is 0 Å². The van der Waals surface area contributed by atoms with Gasteiger partial charge in [-0.25, -0.2) is 4.39 Å². The van der Waals surface area contributed by atoms with E-state index in [9.17, 15) is 9.18 Å². The monoisotopic (exact) mass is 253 g/mol. The van der Waals surface area contributed by atoms with Crippen LogP contribution < -0.4 is 4.90 Å². The Labute approximate surface area is 105 Å². The van der Waals surface area contributed by atoms with Gasteiger partial charge in [-0.15, -0.1) is 0 Å². The van der Waals surface area contributed by atoms with Gasteiger partial charge in [0.25, 0.3) is 0 Å². The molecule has 2 rings (SSSR count). The fraction of sp³-hybridized carbons (Fsp3) is 0.462. The highest BCUT2D eigenvalue weighted by molar-refractivity contribution is 5.85. The summed E-state index contributed by atoms with van der Waals surface area (Å²) in [5.41, 5.74) is 0.677. The molecular weight excluding hydrogens is 237 g/mol. The second-order valence-electron chi connectivity index (χ2n) is 4.24. The molecule has 4 nitrogen and oxygen atoms in total. The molecule has 2 unspecified atom stereocenters. The van der Waals surface area contributed by atoms with Crippen LogP contribution in [0.15, 0.2) is 18.2 Å². The average Bonchev–Trinajstić information content (AvgIpc) is 2.81. The molecule has 0 saturated carbocycles. The summed E-state index contributed by atoms with van der Waals surface area (Å²) in [5, 5.41) is 0. The average molecular weight is 253 g/mol. The number of anilines is 1. The fourth-order valence-electron chi connectivity index (χ4n) is 2.31. The summed E-state index contributed by atoms with van der Waals surface area (Å²) in [4.78, 5) is 12.9. The number of benzene rings is 1. The molecule has 0 aromatic heterocycles. The minimum absolute atomic E-state index is 0.0715. The Morgan fingerprint density at radius 2 is 1.89 bits per heavy atom. The van der Waals surface area contributed by atoms with E-state index in [2.05, 4.69) is 0 Å². The smallest absolute Gasteiger partial charge is 0.155 e. The molecule has 0 aliphatic carbocycles. The van der Waals surface area contributed by atoms with Crippen LogP contribution in [0.5, 0.6) is 0 Å². The quantitative estimate of drug-likeness (QED) is 0.762. The maximum absolute atomic E-state index is 13.5. The van der Waals surface area contributed by atoms with Crippen LogP contribution in [-0.4, -0.2) is 45.8 Å². The van der Waals surface area contributed by atoms with Gasteiger partial charge in [-0.1, -0.05) is 6.07 Å². The number of halogens is 1. The lowest BCUT2D eigenvalue weighted by Crippen LogP contribution is -2.27. The zero-order chi connectivity index (χ0) is 13.1. The molecule has 0 amide bonds. The highest BCUT2D eigenvalue weighted by Crippen LogP contribution is 2.27. The van der Waals surface area contributed by atoms with E-state index < -0.39 is 5.82 Å². The first-order chi connectivity index (χ1) is 8.71. The van der Waals surface area contributed by atoms with Crippen LogP contribution in [0.25, 0.3) is 0 Å². The van der Waals surface area contributed by atoms with Gasteiger partial charge >= 0.3 is 0 Å². The highest BCUT2D eigenvalue weighted by Gasteiger charge is 2.34. The molecule has 0 N–H and O–H groups in total. The lowest BCUT2D eigenvalue weighted by Gasteiger charge is -2.20. The number of ether oxygens (including phenoxy) is 2. The predicted octanol–water partition coefficient (Wildman–Crippen LogP) is 1.49. The van der Waals surface area contributed by atoms with E-state index in [0.29, 0.717) is 25.1 Å². The third-order valence-electron chi connectivity index (χ3n) is 3.31. The van der Waals surface area contributed by atoms with Crippen molar-refractivity contribution in [2.75, 3.05) is 32.2 Å². The lowest BCUT2D eigenvalue weighted by atomic mass is 10.1. The van der Waals surface area contributed by atoms with E-state index in [4.69, 9.17) is 9.47 Å². The lowest BCUT2D eigenvalue weighted by molar-refractivity contribution is -0.00461. The minimum atomic E-state index is -0.502. The van der Waals surface area contributed by atoms with Gasteiger partial charge in [0, 0.05) is 27.3 Å². The van der Waals surface area contributed by atoms with Crippen molar-refractivity contribution < 1.29 is 18.7 Å². The number of aldehydes is 1. The third kappa shape index (κ3) is 2.23. The van der Waals surface area contributed by atoms with Crippen LogP contribution in [-0.2, 0) is 9.47 Å². The number of hydrogen-bond acceptors (Lipinski definition) is 4. The van der Waals surface area contributed by atoms with Crippen molar-refractivity contribution in [2.45, 2.75) is 12.2 Å². The van der Waals surface area contributed by atoms with Crippen molar-refractivity contribution in [3.63, 3.8) is 0 Å². The molecule has 1 saturated heterocycles. The summed E-state index contributed by atoms with van der Waals surface area (Å²) in [7, 11) is 3.23. The van der Waals surface area contributed by atoms with Crippen molar-refractivity contribution in [2.24, 2.45) is 0 Å². The summed E-state index contributed by atoms with van der Waals surface area (Å²) < 4.78 is 24.2. The zero-order valence-electron chi connectivity index (χ0n) is 10.4. The third-order valence-corrected chi connectivity index (χ3v) is 3.31. The molecular formula is C13H16FNO3. The Balaban J connectivity index is 2.28. The molecule has 1 aromatic carbocycles. The maximum atomic E-state index is 13.5. The van der Waals surface area contributed by atoms with Crippen molar-refractivity contribution in [3.8, 4) is 0 Å². The number of carbonyl (C=O) groups excluding carboxylic acids is 1. The number of rotatable bonds is 4. The zero-order valence-corrected chi connectivity index (χ0v) is 10.4. The van der Waals surface area contributed by atoms with Gasteiger partial charge in [0.2, 0.25) is 0 Å². The molecule has 1 heterocycles. The first-order valence-corrected chi connectivity index (χ1v) is 5.75. The summed E-state index contributed by atoms with van der Waals surface area (Å²) >= 11 is 0. The van der Waals surface area contributed by atoms with Gasteiger partial charge in [0.05, 0.1) is 11.3 Å². The molecule has 2 atom stereocenters. The van der Waals surface area contributed by atoms with E-state index >= 15 is 0 Å². The molecule has 18 heavy (non-hydrogen) atoms. The van der Waals surface area contributed by atoms with Crippen LogP contribution in [0.2, 0.25) is 0 Å². The van der Waals surface area contributed by atoms with E-state index in [-0.39, 0.29) is 17.8 Å². The second kappa shape index (κ2) is 5.46. The molecule has 98 valence electrons. The van der Waals surface area contributed by atoms with Crippen molar-refractivity contribution >= 4 is 12.0 Å². The number of hydrogen-bond donors (Lipinski definition) is 0. The highest BCUT2D eigenvalue weighted by atomic mass is 19.1. The van der Waals surface area contributed by atoms with Crippen molar-refractivity contribution in [1.29, 1.82) is 0 Å². The SMILES string of the molecule is COC1CN(c2cccc(F)c2C=O)CC1OC. The number of carbonyl (C=O) groups is 1. The van der Waals surface area contributed by atoms with E-state index in [1.54, 1.807) is 26.4 Å². The summed E-state index contributed by atoms with van der Waals surface area (Å²) in [5.74, 6) is -0.502. The Kier molecular flexibility index (Phi) is 3.93. The number of methoxy groups -OCH3 is 2. The first kappa shape index (κ1) is 13.0. The van der Waals surface area contributed by atoms with Crippen LogP contribution in [0, 0.1) is 5.82 Å². The predicted molar refractivity (Wildman–Crippen MR) is 65.6 cm³/mol. The van der Waals surface area contributed by atoms with Gasteiger partial charge in [0.1, 0.15) is 18.0 Å². The largest absolute Gasteiger partial charge is 0.377 e. The van der Waals surface area contributed by atoms with Crippen molar-refractivity contribution in [3.05, 3.63) is 29.6 Å². The minimum Gasteiger partial charge on any atom is -0.377 e. The Morgan fingerprint density at radius 3 is 2.39 bits per heavy atom. The van der Waals surface area contributed by atoms with Crippen molar-refractivity contribution in [1.82, 2.24) is 0 Å². The Morgan fingerprint density at radius 1 is 1.28 bits per heavy atom. The molecule has 0 bridgehead atoms. The van der Waals surface area contributed by atoms with Gasteiger partial charge in [-0.05, 0) is 12.1 Å². The Hall–Kier alpha value is -1.46. The number of nitrogens with zero attached hydrogens (tertiary/aromatic N) is 1. The summed E-state index contributed by atoms with van der Waals surface area (Å²) in [6, 6.07) is 4.61. The van der Waals surface area contributed by atoms with Crippen LogP contribution in [0.4, 0.5) is 10.1 Å². The summed E-state index contributed by atoms with van der Waals surface area (Å²) in [6.45, 7) is 1.17. The molecule has 0 radical (unpaired) electrons. The summed E-state index contributed by atoms with van der Waals surface area (Å²) in [6.07, 6.45) is 0.405. The molecule has 5 heteroatoms. The van der Waals surface area contributed by atoms with Gasteiger partial charge in [-0.3, -0.25) is 4.79 Å². The standard InChI is InChI=1S/C13H16FNO3/c1-17-12-6-15(7-13(12)18-2)11-5-3-4-10(14)9(11)8-16/h3-5,8,12-13H,6-7H2,1-2H3. The normalized spacial score (nSPS) is 23.4. The van der Waals surface area contributed by atoms with E-state index in [1.165, 1.54) is 6.07 Å². The van der Waals surface area contributed by atoms with E-state index in [1.807, 2.05) is 4.90 Å². The molecule has 1 aromatic rings. The van der Waals surface area contributed by atoms with Gasteiger partial charge in [0.15, 0.2) is 6.29 Å². The molecule has 1 fully saturated rings. The maximum Gasteiger partial charge on any atom is 0.155 e.